The van der Waals surface area contributed by atoms with Crippen molar-refractivity contribution >= 4 is 17.3 Å². The molecule has 3 aromatic rings. The monoisotopic (exact) mass is 377 g/mol. The van der Waals surface area contributed by atoms with Gasteiger partial charge in [0.1, 0.15) is 0 Å². The maximum atomic E-state index is 12.5. The van der Waals surface area contributed by atoms with Crippen LogP contribution in [0.4, 0.5) is 11.4 Å². The van der Waals surface area contributed by atoms with Crippen molar-refractivity contribution in [3.8, 4) is 11.5 Å². The lowest BCUT2D eigenvalue weighted by Crippen LogP contribution is -2.13. The number of pyridine rings is 1. The number of nitrogens with zero attached hydrogens (tertiary/aromatic N) is 1. The highest BCUT2D eigenvalue weighted by molar-refractivity contribution is 6.04. The summed E-state index contributed by atoms with van der Waals surface area (Å²) in [7, 11) is 3.21. The predicted molar refractivity (Wildman–Crippen MR) is 110 cm³/mol. The normalized spacial score (nSPS) is 10.2. The van der Waals surface area contributed by atoms with Crippen LogP contribution < -0.4 is 20.1 Å². The highest BCUT2D eigenvalue weighted by atomic mass is 16.5. The Morgan fingerprint density at radius 1 is 1.00 bits per heavy atom. The topological polar surface area (TPSA) is 72.5 Å². The van der Waals surface area contributed by atoms with E-state index < -0.39 is 0 Å². The van der Waals surface area contributed by atoms with Crippen LogP contribution in [0.2, 0.25) is 0 Å². The molecule has 1 aromatic heterocycles. The van der Waals surface area contributed by atoms with Gasteiger partial charge in [-0.05, 0) is 42.3 Å². The van der Waals surface area contributed by atoms with E-state index in [9.17, 15) is 4.79 Å². The summed E-state index contributed by atoms with van der Waals surface area (Å²) in [5.74, 6) is 1.16. The molecular weight excluding hydrogens is 354 g/mol. The fourth-order valence-corrected chi connectivity index (χ4v) is 2.76. The minimum Gasteiger partial charge on any atom is -0.493 e. The number of carbonyl (C=O) groups excluding carboxylic acids is 1. The lowest BCUT2D eigenvalue weighted by Gasteiger charge is -2.12. The quantitative estimate of drug-likeness (QED) is 0.643. The Balaban J connectivity index is 1.68. The zero-order valence-corrected chi connectivity index (χ0v) is 16.2. The zero-order valence-electron chi connectivity index (χ0n) is 16.2. The molecule has 3 rings (SSSR count). The first kappa shape index (κ1) is 19.2. The van der Waals surface area contributed by atoms with Crippen molar-refractivity contribution in [2.75, 3.05) is 24.9 Å². The van der Waals surface area contributed by atoms with E-state index in [1.54, 1.807) is 32.7 Å². The molecule has 0 radical (unpaired) electrons. The van der Waals surface area contributed by atoms with E-state index >= 15 is 0 Å². The Morgan fingerprint density at radius 3 is 2.54 bits per heavy atom. The summed E-state index contributed by atoms with van der Waals surface area (Å²) in [6, 6.07) is 15.2. The average Bonchev–Trinajstić information content (AvgIpc) is 2.73. The highest BCUT2D eigenvalue weighted by Gasteiger charge is 2.09. The molecule has 0 aliphatic carbocycles. The molecule has 2 aromatic carbocycles. The van der Waals surface area contributed by atoms with Crippen molar-refractivity contribution in [1.82, 2.24) is 4.98 Å². The number of aromatic nitrogens is 1. The van der Waals surface area contributed by atoms with Crippen LogP contribution in [0.5, 0.6) is 11.5 Å². The lowest BCUT2D eigenvalue weighted by atomic mass is 10.1. The molecule has 0 bridgehead atoms. The number of hydrogen-bond donors (Lipinski definition) is 2. The van der Waals surface area contributed by atoms with Crippen molar-refractivity contribution < 1.29 is 14.3 Å². The molecular formula is C22H23N3O3. The van der Waals surface area contributed by atoms with Gasteiger partial charge in [0.05, 0.1) is 25.5 Å². The molecule has 0 atom stereocenters. The van der Waals surface area contributed by atoms with Gasteiger partial charge in [-0.1, -0.05) is 24.3 Å². The first-order valence-electron chi connectivity index (χ1n) is 8.87. The van der Waals surface area contributed by atoms with Crippen molar-refractivity contribution in [3.05, 3.63) is 77.6 Å². The average molecular weight is 377 g/mol. The van der Waals surface area contributed by atoms with E-state index in [-0.39, 0.29) is 5.91 Å². The Morgan fingerprint density at radius 2 is 1.79 bits per heavy atom. The second kappa shape index (κ2) is 8.90. The van der Waals surface area contributed by atoms with E-state index in [2.05, 4.69) is 15.6 Å². The molecule has 2 N–H and O–H groups in total. The smallest absolute Gasteiger partial charge is 0.257 e. The molecule has 6 heteroatoms. The van der Waals surface area contributed by atoms with E-state index in [0.717, 1.165) is 22.5 Å². The molecule has 1 amide bonds. The molecule has 0 aliphatic rings. The highest BCUT2D eigenvalue weighted by Crippen LogP contribution is 2.27. The molecule has 0 fully saturated rings. The van der Waals surface area contributed by atoms with Gasteiger partial charge < -0.3 is 20.1 Å². The minimum atomic E-state index is -0.198. The summed E-state index contributed by atoms with van der Waals surface area (Å²) in [6.45, 7) is 2.51. The van der Waals surface area contributed by atoms with Crippen molar-refractivity contribution in [2.24, 2.45) is 0 Å². The largest absolute Gasteiger partial charge is 0.493 e. The SMILES string of the molecule is COc1ccc(CNc2cncc(C(=O)Nc3ccccc3C)c2)cc1OC. The fourth-order valence-electron chi connectivity index (χ4n) is 2.76. The van der Waals surface area contributed by atoms with Gasteiger partial charge in [-0.25, -0.2) is 0 Å². The molecule has 0 saturated carbocycles. The third kappa shape index (κ3) is 4.59. The van der Waals surface area contributed by atoms with Crippen molar-refractivity contribution in [3.63, 3.8) is 0 Å². The van der Waals surface area contributed by atoms with Crippen molar-refractivity contribution in [2.45, 2.75) is 13.5 Å². The van der Waals surface area contributed by atoms with Crippen LogP contribution in [0.3, 0.4) is 0 Å². The number of rotatable bonds is 7. The molecule has 144 valence electrons. The Hall–Kier alpha value is -3.54. The second-order valence-corrected chi connectivity index (χ2v) is 6.27. The summed E-state index contributed by atoms with van der Waals surface area (Å²) in [5, 5.41) is 6.20. The molecule has 0 aliphatic heterocycles. The third-order valence-electron chi connectivity index (χ3n) is 4.34. The molecule has 0 unspecified atom stereocenters. The van der Waals surface area contributed by atoms with E-state index in [1.165, 1.54) is 0 Å². The Labute approximate surface area is 164 Å². The summed E-state index contributed by atoms with van der Waals surface area (Å²) < 4.78 is 10.6. The number of amides is 1. The molecule has 28 heavy (non-hydrogen) atoms. The first-order valence-corrected chi connectivity index (χ1v) is 8.87. The van der Waals surface area contributed by atoms with Crippen LogP contribution in [0.25, 0.3) is 0 Å². The molecule has 6 nitrogen and oxygen atoms in total. The number of ether oxygens (including phenoxy) is 2. The number of methoxy groups -OCH3 is 2. The maximum absolute atomic E-state index is 12.5. The van der Waals surface area contributed by atoms with Gasteiger partial charge in [0.25, 0.3) is 5.91 Å². The van der Waals surface area contributed by atoms with Gasteiger partial charge in [-0.3, -0.25) is 9.78 Å². The standard InChI is InChI=1S/C22H23N3O3/c1-15-6-4-5-7-19(15)25-22(26)17-11-18(14-23-13-17)24-12-16-8-9-20(27-2)21(10-16)28-3/h4-11,13-14,24H,12H2,1-3H3,(H,25,26). The summed E-state index contributed by atoms with van der Waals surface area (Å²) in [4.78, 5) is 16.7. The van der Waals surface area contributed by atoms with Gasteiger partial charge in [-0.15, -0.1) is 0 Å². The van der Waals surface area contributed by atoms with Crippen LogP contribution in [-0.2, 0) is 6.54 Å². The molecule has 0 saturated heterocycles. The number of anilines is 2. The Kier molecular flexibility index (Phi) is 6.11. The van der Waals surface area contributed by atoms with Gasteiger partial charge in [0.15, 0.2) is 11.5 Å². The summed E-state index contributed by atoms with van der Waals surface area (Å²) in [6.07, 6.45) is 3.24. The van der Waals surface area contributed by atoms with E-state index in [4.69, 9.17) is 9.47 Å². The van der Waals surface area contributed by atoms with Gasteiger partial charge in [0, 0.05) is 24.6 Å². The maximum Gasteiger partial charge on any atom is 0.257 e. The predicted octanol–water partition coefficient (Wildman–Crippen LogP) is 4.27. The number of benzene rings is 2. The first-order chi connectivity index (χ1) is 13.6. The number of nitrogens with one attached hydrogen (secondary N) is 2. The minimum absolute atomic E-state index is 0.198. The number of hydrogen-bond acceptors (Lipinski definition) is 5. The van der Waals surface area contributed by atoms with Crippen LogP contribution in [0, 0.1) is 6.92 Å². The Bertz CT molecular complexity index is 973. The lowest BCUT2D eigenvalue weighted by molar-refractivity contribution is 0.102. The van der Waals surface area contributed by atoms with Crippen LogP contribution in [0.1, 0.15) is 21.5 Å². The zero-order chi connectivity index (χ0) is 19.9. The van der Waals surface area contributed by atoms with Crippen LogP contribution in [0.15, 0.2) is 60.9 Å². The van der Waals surface area contributed by atoms with Gasteiger partial charge in [0.2, 0.25) is 0 Å². The summed E-state index contributed by atoms with van der Waals surface area (Å²) in [5.41, 5.74) is 4.06. The van der Waals surface area contributed by atoms with E-state index in [1.807, 2.05) is 49.4 Å². The van der Waals surface area contributed by atoms with Gasteiger partial charge >= 0.3 is 0 Å². The van der Waals surface area contributed by atoms with Crippen molar-refractivity contribution in [1.29, 1.82) is 0 Å². The molecule has 1 heterocycles. The number of carbonyl (C=O) groups is 1. The van der Waals surface area contributed by atoms with Gasteiger partial charge in [-0.2, -0.15) is 0 Å². The fraction of sp³-hybridized carbons (Fsp3) is 0.182. The van der Waals surface area contributed by atoms with Crippen LogP contribution >= 0.6 is 0 Å². The van der Waals surface area contributed by atoms with E-state index in [0.29, 0.717) is 23.6 Å². The number of aryl methyl sites for hydroxylation is 1. The second-order valence-electron chi connectivity index (χ2n) is 6.27. The number of para-hydroxylation sites is 1. The molecule has 0 spiro atoms. The van der Waals surface area contributed by atoms with Crippen LogP contribution in [-0.4, -0.2) is 25.1 Å². The summed E-state index contributed by atoms with van der Waals surface area (Å²) >= 11 is 0. The third-order valence-corrected chi connectivity index (χ3v) is 4.34.